The number of nitrogens with zero attached hydrogens (tertiary/aromatic N) is 2. The molecule has 0 bridgehead atoms. The molecule has 22 heavy (non-hydrogen) atoms. The van der Waals surface area contributed by atoms with Gasteiger partial charge in [-0.3, -0.25) is 9.78 Å². The topological polar surface area (TPSA) is 151 Å². The van der Waals surface area contributed by atoms with Crippen molar-refractivity contribution in [3.63, 3.8) is 0 Å². The maximum Gasteiger partial charge on any atom is 0.260 e. The third-order valence-corrected chi connectivity index (χ3v) is 2.94. The molecule has 3 atom stereocenters. The molecule has 0 aliphatic carbocycles. The highest BCUT2D eigenvalue weighted by atomic mass is 16.4. The van der Waals surface area contributed by atoms with Crippen molar-refractivity contribution in [2.45, 2.75) is 18.3 Å². The third-order valence-electron chi connectivity index (χ3n) is 2.94. The number of hydrogen-bond acceptors (Lipinski definition) is 8. The van der Waals surface area contributed by atoms with Gasteiger partial charge in [0.1, 0.15) is 18.3 Å². The van der Waals surface area contributed by atoms with Crippen LogP contribution in [-0.4, -0.2) is 61.5 Å². The second-order valence-corrected chi connectivity index (χ2v) is 4.55. The van der Waals surface area contributed by atoms with Crippen molar-refractivity contribution in [2.75, 3.05) is 12.0 Å². The lowest BCUT2D eigenvalue weighted by molar-refractivity contribution is -0.0541. The number of fused-ring (bicyclic) bond motifs is 1. The molecule has 0 aliphatic heterocycles. The molecule has 0 aliphatic rings. The zero-order valence-electron chi connectivity index (χ0n) is 11.4. The van der Waals surface area contributed by atoms with Gasteiger partial charge in [-0.2, -0.15) is 5.10 Å². The Morgan fingerprint density at radius 1 is 1.32 bits per heavy atom. The van der Waals surface area contributed by atoms with E-state index in [1.807, 2.05) is 0 Å². The second-order valence-electron chi connectivity index (χ2n) is 4.55. The average Bonchev–Trinajstić information content (AvgIpc) is 2.53. The highest BCUT2D eigenvalue weighted by Crippen LogP contribution is 2.07. The molecule has 0 amide bonds. The third kappa shape index (κ3) is 3.65. The molecule has 1 heterocycles. The second kappa shape index (κ2) is 7.09. The Labute approximate surface area is 124 Å². The van der Waals surface area contributed by atoms with Gasteiger partial charge in [-0.1, -0.05) is 12.1 Å². The van der Waals surface area contributed by atoms with Gasteiger partial charge < -0.3 is 20.4 Å². The van der Waals surface area contributed by atoms with Crippen LogP contribution in [0, 0.1) is 0 Å². The molecule has 9 nitrogen and oxygen atoms in total. The molecule has 0 saturated heterocycles. The molecule has 0 fully saturated rings. The number of hydrazone groups is 1. The van der Waals surface area contributed by atoms with Crippen LogP contribution >= 0.6 is 0 Å². The van der Waals surface area contributed by atoms with Crippen molar-refractivity contribution in [1.29, 1.82) is 0 Å². The number of aliphatic hydroxyl groups is 4. The summed E-state index contributed by atoms with van der Waals surface area (Å²) in [6.45, 7) is -0.695. The van der Waals surface area contributed by atoms with E-state index in [0.29, 0.717) is 10.9 Å². The fraction of sp³-hybridized carbons (Fsp3) is 0.308. The summed E-state index contributed by atoms with van der Waals surface area (Å²) in [4.78, 5) is 18.4. The Balaban J connectivity index is 2.08. The monoisotopic (exact) mass is 308 g/mol. The van der Waals surface area contributed by atoms with Crippen LogP contribution in [0.5, 0.6) is 0 Å². The Hall–Kier alpha value is -2.33. The van der Waals surface area contributed by atoms with Crippen LogP contribution in [0.4, 0.5) is 5.95 Å². The van der Waals surface area contributed by atoms with Crippen LogP contribution in [0.15, 0.2) is 34.2 Å². The Morgan fingerprint density at radius 2 is 2.05 bits per heavy atom. The lowest BCUT2D eigenvalue weighted by atomic mass is 10.1. The highest BCUT2D eigenvalue weighted by Gasteiger charge is 2.22. The predicted molar refractivity (Wildman–Crippen MR) is 79.6 cm³/mol. The summed E-state index contributed by atoms with van der Waals surface area (Å²) in [5, 5.41) is 40.8. The van der Waals surface area contributed by atoms with E-state index in [1.165, 1.54) is 0 Å². The van der Waals surface area contributed by atoms with Crippen LogP contribution in [0.2, 0.25) is 0 Å². The minimum absolute atomic E-state index is 0.0596. The van der Waals surface area contributed by atoms with E-state index in [2.05, 4.69) is 20.5 Å². The largest absolute Gasteiger partial charge is 0.394 e. The average molecular weight is 308 g/mol. The van der Waals surface area contributed by atoms with Gasteiger partial charge in [-0.25, -0.2) is 10.4 Å². The zero-order chi connectivity index (χ0) is 16.1. The van der Waals surface area contributed by atoms with Crippen molar-refractivity contribution >= 4 is 23.1 Å². The molecule has 118 valence electrons. The van der Waals surface area contributed by atoms with Crippen LogP contribution in [0.25, 0.3) is 10.9 Å². The fourth-order valence-corrected chi connectivity index (χ4v) is 1.74. The number of aliphatic hydroxyl groups excluding tert-OH is 4. The van der Waals surface area contributed by atoms with E-state index in [0.717, 1.165) is 6.21 Å². The summed E-state index contributed by atoms with van der Waals surface area (Å²) in [5.41, 5.74) is 2.53. The summed E-state index contributed by atoms with van der Waals surface area (Å²) < 4.78 is 0. The van der Waals surface area contributed by atoms with Crippen LogP contribution in [0.3, 0.4) is 0 Å². The van der Waals surface area contributed by atoms with Gasteiger partial charge in [0, 0.05) is 0 Å². The SMILES string of the molecule is O=c1[nH]c(N/N=C\C(O)C(O)C(O)CO)nc2ccccc12. The molecule has 1 aromatic carbocycles. The first-order valence-corrected chi connectivity index (χ1v) is 6.46. The molecular formula is C13H16N4O5. The van der Waals surface area contributed by atoms with Gasteiger partial charge in [0.15, 0.2) is 0 Å². The van der Waals surface area contributed by atoms with Crippen molar-refractivity contribution in [1.82, 2.24) is 9.97 Å². The molecule has 2 aromatic rings. The van der Waals surface area contributed by atoms with E-state index in [-0.39, 0.29) is 11.5 Å². The van der Waals surface area contributed by atoms with Gasteiger partial charge in [0.25, 0.3) is 5.56 Å². The number of para-hydroxylation sites is 1. The van der Waals surface area contributed by atoms with Gasteiger partial charge in [-0.15, -0.1) is 0 Å². The number of hydrogen-bond donors (Lipinski definition) is 6. The van der Waals surface area contributed by atoms with Gasteiger partial charge in [0.05, 0.1) is 23.7 Å². The number of aromatic nitrogens is 2. The van der Waals surface area contributed by atoms with Crippen molar-refractivity contribution in [2.24, 2.45) is 5.10 Å². The first-order chi connectivity index (χ1) is 10.5. The molecule has 0 radical (unpaired) electrons. The van der Waals surface area contributed by atoms with Crippen molar-refractivity contribution < 1.29 is 20.4 Å². The van der Waals surface area contributed by atoms with E-state index >= 15 is 0 Å². The number of rotatable bonds is 6. The van der Waals surface area contributed by atoms with Crippen molar-refractivity contribution in [3.05, 3.63) is 34.6 Å². The zero-order valence-corrected chi connectivity index (χ0v) is 11.4. The maximum absolute atomic E-state index is 11.8. The summed E-state index contributed by atoms with van der Waals surface area (Å²) >= 11 is 0. The van der Waals surface area contributed by atoms with Gasteiger partial charge in [0.2, 0.25) is 5.95 Å². The summed E-state index contributed by atoms with van der Waals surface area (Å²) in [7, 11) is 0. The summed E-state index contributed by atoms with van der Waals surface area (Å²) in [5.74, 6) is 0.0596. The number of H-pyrrole nitrogens is 1. The first kappa shape index (κ1) is 16.0. The molecule has 6 N–H and O–H groups in total. The molecule has 0 spiro atoms. The number of nitrogens with one attached hydrogen (secondary N) is 2. The molecule has 0 saturated carbocycles. The van der Waals surface area contributed by atoms with E-state index in [4.69, 9.17) is 10.2 Å². The predicted octanol–water partition coefficient (Wildman–Crippen LogP) is -1.60. The number of aromatic amines is 1. The summed E-state index contributed by atoms with van der Waals surface area (Å²) in [6, 6.07) is 6.74. The first-order valence-electron chi connectivity index (χ1n) is 6.46. The lowest BCUT2D eigenvalue weighted by Gasteiger charge is -2.17. The lowest BCUT2D eigenvalue weighted by Crippen LogP contribution is -2.40. The smallest absolute Gasteiger partial charge is 0.260 e. The van der Waals surface area contributed by atoms with E-state index in [1.54, 1.807) is 24.3 Å². The van der Waals surface area contributed by atoms with E-state index < -0.39 is 24.9 Å². The molecule has 9 heteroatoms. The van der Waals surface area contributed by atoms with Crippen LogP contribution in [0.1, 0.15) is 0 Å². The van der Waals surface area contributed by atoms with Crippen LogP contribution < -0.4 is 11.0 Å². The van der Waals surface area contributed by atoms with Gasteiger partial charge >= 0.3 is 0 Å². The minimum Gasteiger partial charge on any atom is -0.394 e. The highest BCUT2D eigenvalue weighted by molar-refractivity contribution is 5.78. The van der Waals surface area contributed by atoms with Crippen LogP contribution in [-0.2, 0) is 0 Å². The molecule has 1 aromatic heterocycles. The quantitative estimate of drug-likeness (QED) is 0.277. The standard InChI is InChI=1S/C13H16N4O5/c18-6-10(20)11(21)9(19)5-14-17-13-15-8-4-2-1-3-7(8)12(22)16-13/h1-5,9-11,18-21H,6H2,(H2,15,16,17,22)/b14-5-. The number of benzene rings is 1. The fourth-order valence-electron chi connectivity index (χ4n) is 1.74. The van der Waals surface area contributed by atoms with Gasteiger partial charge in [-0.05, 0) is 12.1 Å². The minimum atomic E-state index is -1.58. The number of anilines is 1. The van der Waals surface area contributed by atoms with E-state index in [9.17, 15) is 15.0 Å². The molecule has 2 rings (SSSR count). The molecule has 3 unspecified atom stereocenters. The Morgan fingerprint density at radius 3 is 2.77 bits per heavy atom. The molecular weight excluding hydrogens is 292 g/mol. The normalized spacial score (nSPS) is 15.8. The van der Waals surface area contributed by atoms with Crippen molar-refractivity contribution in [3.8, 4) is 0 Å². The summed E-state index contributed by atoms with van der Waals surface area (Å²) in [6.07, 6.45) is -3.65. The maximum atomic E-state index is 11.8. The Kier molecular flexibility index (Phi) is 5.17. The Bertz CT molecular complexity index is 717.